The van der Waals surface area contributed by atoms with E-state index in [1.807, 2.05) is 0 Å². The van der Waals surface area contributed by atoms with Crippen molar-refractivity contribution in [2.45, 2.75) is 38.6 Å². The van der Waals surface area contributed by atoms with Crippen molar-refractivity contribution in [3.8, 4) is 0 Å². The molecule has 0 aromatic heterocycles. The number of nitrogens with one attached hydrogen (secondary N) is 1. The third kappa shape index (κ3) is 3.92. The Labute approximate surface area is 95.0 Å². The van der Waals surface area contributed by atoms with E-state index in [4.69, 9.17) is 10.5 Å². The second-order valence-corrected chi connectivity index (χ2v) is 4.19. The lowest BCUT2D eigenvalue weighted by Gasteiger charge is -2.26. The van der Waals surface area contributed by atoms with Gasteiger partial charge < -0.3 is 15.8 Å². The molecular weight excluding hydrogens is 208 g/mol. The van der Waals surface area contributed by atoms with Crippen LogP contribution in [0.15, 0.2) is 12.3 Å². The van der Waals surface area contributed by atoms with Crippen LogP contribution < -0.4 is 11.1 Å². The zero-order valence-electron chi connectivity index (χ0n) is 9.49. The Hall–Kier alpha value is -1.52. The Kier molecular flexibility index (Phi) is 4.34. The van der Waals surface area contributed by atoms with Crippen molar-refractivity contribution in [2.24, 2.45) is 11.7 Å². The average molecular weight is 226 g/mol. The highest BCUT2D eigenvalue weighted by Gasteiger charge is 2.25. The fraction of sp³-hybridized carbons (Fsp3) is 0.636. The number of ether oxygens (including phenoxy) is 1. The van der Waals surface area contributed by atoms with E-state index < -0.39 is 6.09 Å². The summed E-state index contributed by atoms with van der Waals surface area (Å²) in [4.78, 5) is 22.2. The Morgan fingerprint density at radius 3 is 2.31 bits per heavy atom. The first-order valence-corrected chi connectivity index (χ1v) is 5.42. The predicted molar refractivity (Wildman–Crippen MR) is 59.4 cm³/mol. The van der Waals surface area contributed by atoms with Crippen LogP contribution in [0, 0.1) is 5.92 Å². The maximum Gasteiger partial charge on any atom is 0.412 e. The van der Waals surface area contributed by atoms with E-state index in [1.54, 1.807) is 6.92 Å². The normalized spacial score (nSPS) is 24.6. The fourth-order valence-electron chi connectivity index (χ4n) is 1.88. The zero-order chi connectivity index (χ0) is 12.1. The van der Waals surface area contributed by atoms with Gasteiger partial charge in [-0.3, -0.25) is 4.79 Å². The number of alkyl carbamates (subject to hydrolysis) is 1. The van der Waals surface area contributed by atoms with Crippen molar-refractivity contribution in [2.75, 3.05) is 0 Å². The minimum Gasteiger partial charge on any atom is -0.416 e. The molecule has 1 rings (SSSR count). The van der Waals surface area contributed by atoms with Gasteiger partial charge in [-0.1, -0.05) is 6.58 Å². The average Bonchev–Trinajstić information content (AvgIpc) is 2.16. The molecule has 0 bridgehead atoms. The summed E-state index contributed by atoms with van der Waals surface area (Å²) in [5.41, 5.74) is 5.22. The van der Waals surface area contributed by atoms with Crippen molar-refractivity contribution >= 4 is 12.0 Å². The lowest BCUT2D eigenvalue weighted by atomic mass is 9.86. The quantitative estimate of drug-likeness (QED) is 0.711. The highest BCUT2D eigenvalue weighted by Crippen LogP contribution is 2.23. The molecule has 1 aliphatic carbocycles. The van der Waals surface area contributed by atoms with E-state index >= 15 is 0 Å². The summed E-state index contributed by atoms with van der Waals surface area (Å²) in [6.07, 6.45) is 2.51. The number of allylic oxidation sites excluding steroid dienone is 1. The Balaban J connectivity index is 2.29. The minimum atomic E-state index is -0.477. The largest absolute Gasteiger partial charge is 0.416 e. The lowest BCUT2D eigenvalue weighted by Crippen LogP contribution is -2.39. The molecule has 0 heterocycles. The van der Waals surface area contributed by atoms with Gasteiger partial charge in [-0.2, -0.15) is 0 Å². The maximum absolute atomic E-state index is 11.3. The van der Waals surface area contributed by atoms with Crippen molar-refractivity contribution in [1.29, 1.82) is 0 Å². The molecule has 2 amide bonds. The first-order chi connectivity index (χ1) is 7.49. The van der Waals surface area contributed by atoms with Gasteiger partial charge in [0, 0.05) is 12.0 Å². The number of hydrogen-bond acceptors (Lipinski definition) is 3. The Morgan fingerprint density at radius 2 is 1.88 bits per heavy atom. The number of rotatable bonds is 3. The summed E-state index contributed by atoms with van der Waals surface area (Å²) < 4.78 is 4.79. The van der Waals surface area contributed by atoms with Crippen LogP contribution in [0.4, 0.5) is 4.79 Å². The molecule has 5 heteroatoms. The topological polar surface area (TPSA) is 81.4 Å². The van der Waals surface area contributed by atoms with Crippen LogP contribution in [0.25, 0.3) is 0 Å². The molecule has 0 spiro atoms. The van der Waals surface area contributed by atoms with Gasteiger partial charge in [0.2, 0.25) is 5.91 Å². The van der Waals surface area contributed by atoms with Gasteiger partial charge in [-0.15, -0.1) is 0 Å². The maximum atomic E-state index is 11.3. The molecule has 1 aliphatic rings. The van der Waals surface area contributed by atoms with Gasteiger partial charge in [0.1, 0.15) is 0 Å². The van der Waals surface area contributed by atoms with Gasteiger partial charge in [0.25, 0.3) is 0 Å². The van der Waals surface area contributed by atoms with Gasteiger partial charge in [-0.05, 0) is 32.6 Å². The minimum absolute atomic E-state index is 0.0461. The summed E-state index contributed by atoms with van der Waals surface area (Å²) in [5.74, 6) is 0.0708. The van der Waals surface area contributed by atoms with Crippen molar-refractivity contribution < 1.29 is 14.3 Å². The van der Waals surface area contributed by atoms with Gasteiger partial charge in [0.15, 0.2) is 0 Å². The molecule has 0 saturated heterocycles. The molecular formula is C11H18N2O3. The summed E-state index contributed by atoms with van der Waals surface area (Å²) in [6.45, 7) is 5.09. The second kappa shape index (κ2) is 5.53. The SMILES string of the molecule is C=C(C)OC(=O)NC1CCC(C(N)=O)CC1. The van der Waals surface area contributed by atoms with Crippen LogP contribution in [0.2, 0.25) is 0 Å². The van der Waals surface area contributed by atoms with Gasteiger partial charge in [0.05, 0.1) is 5.76 Å². The molecule has 5 nitrogen and oxygen atoms in total. The summed E-state index contributed by atoms with van der Waals surface area (Å²) in [7, 11) is 0. The molecule has 0 atom stereocenters. The monoisotopic (exact) mass is 226 g/mol. The highest BCUT2D eigenvalue weighted by molar-refractivity contribution is 5.76. The van der Waals surface area contributed by atoms with E-state index in [2.05, 4.69) is 11.9 Å². The molecule has 0 aromatic rings. The number of primary amides is 1. The summed E-state index contributed by atoms with van der Waals surface area (Å²) in [6, 6.07) is 0.0717. The molecule has 1 fully saturated rings. The van der Waals surface area contributed by atoms with E-state index in [1.165, 1.54) is 0 Å². The van der Waals surface area contributed by atoms with E-state index in [0.29, 0.717) is 5.76 Å². The van der Waals surface area contributed by atoms with Crippen LogP contribution in [-0.2, 0) is 9.53 Å². The van der Waals surface area contributed by atoms with Crippen molar-refractivity contribution in [1.82, 2.24) is 5.32 Å². The number of carbonyl (C=O) groups excluding carboxylic acids is 2. The molecule has 16 heavy (non-hydrogen) atoms. The first kappa shape index (κ1) is 12.5. The Bertz CT molecular complexity index is 294. The van der Waals surface area contributed by atoms with Gasteiger partial charge >= 0.3 is 6.09 Å². The van der Waals surface area contributed by atoms with Crippen molar-refractivity contribution in [3.63, 3.8) is 0 Å². The highest BCUT2D eigenvalue weighted by atomic mass is 16.6. The third-order valence-electron chi connectivity index (χ3n) is 2.72. The second-order valence-electron chi connectivity index (χ2n) is 4.19. The van der Waals surface area contributed by atoms with Crippen molar-refractivity contribution in [3.05, 3.63) is 12.3 Å². The zero-order valence-corrected chi connectivity index (χ0v) is 9.49. The van der Waals surface area contributed by atoms with Crippen LogP contribution in [0.5, 0.6) is 0 Å². The number of hydrogen-bond donors (Lipinski definition) is 2. The van der Waals surface area contributed by atoms with Gasteiger partial charge in [-0.25, -0.2) is 4.79 Å². The van der Waals surface area contributed by atoms with Crippen LogP contribution >= 0.6 is 0 Å². The van der Waals surface area contributed by atoms with Crippen LogP contribution in [-0.4, -0.2) is 18.0 Å². The third-order valence-corrected chi connectivity index (χ3v) is 2.72. The molecule has 1 saturated carbocycles. The first-order valence-electron chi connectivity index (χ1n) is 5.42. The molecule has 90 valence electrons. The number of carbonyl (C=O) groups is 2. The molecule has 0 aromatic carbocycles. The van der Waals surface area contributed by atoms with E-state index in [-0.39, 0.29) is 17.9 Å². The molecule has 0 radical (unpaired) electrons. The molecule has 3 N–H and O–H groups in total. The molecule has 0 unspecified atom stereocenters. The lowest BCUT2D eigenvalue weighted by molar-refractivity contribution is -0.122. The van der Waals surface area contributed by atoms with E-state index in [9.17, 15) is 9.59 Å². The van der Waals surface area contributed by atoms with Crippen LogP contribution in [0.1, 0.15) is 32.6 Å². The predicted octanol–water partition coefficient (Wildman–Crippen LogP) is 1.29. The number of nitrogens with two attached hydrogens (primary N) is 1. The summed E-state index contributed by atoms with van der Waals surface area (Å²) in [5, 5.41) is 2.74. The smallest absolute Gasteiger partial charge is 0.412 e. The number of amides is 2. The molecule has 0 aliphatic heterocycles. The van der Waals surface area contributed by atoms with Crippen LogP contribution in [0.3, 0.4) is 0 Å². The summed E-state index contributed by atoms with van der Waals surface area (Å²) >= 11 is 0. The van der Waals surface area contributed by atoms with E-state index in [0.717, 1.165) is 25.7 Å². The Morgan fingerprint density at radius 1 is 1.31 bits per heavy atom. The standard InChI is InChI=1S/C11H18N2O3/c1-7(2)16-11(15)13-9-5-3-8(4-6-9)10(12)14/h8-9H,1,3-6H2,2H3,(H2,12,14)(H,13,15). The fourth-order valence-corrected chi connectivity index (χ4v) is 1.88.